The summed E-state index contributed by atoms with van der Waals surface area (Å²) in [5.41, 5.74) is 1.10. The molecule has 1 heterocycles. The molecule has 8 heteroatoms. The van der Waals surface area contributed by atoms with Crippen LogP contribution in [-0.4, -0.2) is 34.4 Å². The summed E-state index contributed by atoms with van der Waals surface area (Å²) in [6.07, 6.45) is -1.50. The summed E-state index contributed by atoms with van der Waals surface area (Å²) < 4.78 is 39.8. The Labute approximate surface area is 118 Å². The molecule has 0 saturated heterocycles. The molecule has 1 aromatic heterocycles. The van der Waals surface area contributed by atoms with Gasteiger partial charge in [-0.05, 0) is 24.3 Å². The number of hydrogen-bond donors (Lipinski definition) is 1. The van der Waals surface area contributed by atoms with Crippen molar-refractivity contribution < 1.29 is 22.7 Å². The van der Waals surface area contributed by atoms with Crippen LogP contribution in [-0.2, 0) is 6.54 Å². The van der Waals surface area contributed by atoms with E-state index in [0.29, 0.717) is 6.54 Å². The van der Waals surface area contributed by atoms with Gasteiger partial charge in [0.15, 0.2) is 0 Å². The Kier molecular flexibility index (Phi) is 4.15. The summed E-state index contributed by atoms with van der Waals surface area (Å²) in [7, 11) is 1.59. The molecule has 112 valence electrons. The summed E-state index contributed by atoms with van der Waals surface area (Å²) in [5, 5.41) is 6.40. The van der Waals surface area contributed by atoms with Crippen molar-refractivity contribution in [2.75, 3.05) is 7.05 Å². The molecule has 0 fully saturated rings. The van der Waals surface area contributed by atoms with Crippen molar-refractivity contribution in [3.8, 4) is 5.75 Å². The van der Waals surface area contributed by atoms with Gasteiger partial charge in [0, 0.05) is 30.9 Å². The van der Waals surface area contributed by atoms with Gasteiger partial charge < -0.3 is 9.64 Å². The van der Waals surface area contributed by atoms with E-state index in [9.17, 15) is 18.0 Å². The molecular weight excluding hydrogens is 287 g/mol. The minimum atomic E-state index is -4.75. The van der Waals surface area contributed by atoms with E-state index in [2.05, 4.69) is 14.9 Å². The highest BCUT2D eigenvalue weighted by Gasteiger charge is 2.31. The van der Waals surface area contributed by atoms with Crippen LogP contribution in [0.1, 0.15) is 15.9 Å². The quantitative estimate of drug-likeness (QED) is 0.944. The number of ether oxygens (including phenoxy) is 1. The van der Waals surface area contributed by atoms with Crippen molar-refractivity contribution in [3.63, 3.8) is 0 Å². The minimum Gasteiger partial charge on any atom is -0.406 e. The number of benzene rings is 1. The normalized spacial score (nSPS) is 11.2. The van der Waals surface area contributed by atoms with Crippen molar-refractivity contribution in [1.82, 2.24) is 15.1 Å². The third-order valence-corrected chi connectivity index (χ3v) is 2.66. The van der Waals surface area contributed by atoms with Crippen molar-refractivity contribution in [2.24, 2.45) is 0 Å². The van der Waals surface area contributed by atoms with E-state index in [1.165, 1.54) is 17.0 Å². The van der Waals surface area contributed by atoms with Gasteiger partial charge in [0.1, 0.15) is 5.75 Å². The van der Waals surface area contributed by atoms with Crippen LogP contribution in [0, 0.1) is 0 Å². The number of carbonyl (C=O) groups is 1. The molecule has 0 aliphatic rings. The van der Waals surface area contributed by atoms with E-state index in [1.54, 1.807) is 19.4 Å². The van der Waals surface area contributed by atoms with Gasteiger partial charge in [-0.3, -0.25) is 9.89 Å². The molecule has 1 N–H and O–H groups in total. The predicted octanol–water partition coefficient (Wildman–Crippen LogP) is 2.58. The van der Waals surface area contributed by atoms with Crippen LogP contribution < -0.4 is 4.74 Å². The van der Waals surface area contributed by atoms with Gasteiger partial charge in [0.25, 0.3) is 5.91 Å². The van der Waals surface area contributed by atoms with E-state index >= 15 is 0 Å². The average molecular weight is 299 g/mol. The maximum atomic E-state index is 12.1. The number of halogens is 3. The smallest absolute Gasteiger partial charge is 0.406 e. The number of carbonyl (C=O) groups excluding carboxylic acids is 1. The number of hydrogen-bond acceptors (Lipinski definition) is 3. The zero-order valence-electron chi connectivity index (χ0n) is 11.0. The fourth-order valence-corrected chi connectivity index (χ4v) is 1.73. The molecule has 0 aliphatic heterocycles. The second-order valence-electron chi connectivity index (χ2n) is 4.34. The lowest BCUT2D eigenvalue weighted by Gasteiger charge is -2.16. The highest BCUT2D eigenvalue weighted by molar-refractivity contribution is 5.94. The lowest BCUT2D eigenvalue weighted by molar-refractivity contribution is -0.274. The molecule has 0 saturated carbocycles. The largest absolute Gasteiger partial charge is 0.573 e. The third-order valence-electron chi connectivity index (χ3n) is 2.66. The molecule has 2 rings (SSSR count). The van der Waals surface area contributed by atoms with Crippen LogP contribution in [0.3, 0.4) is 0 Å². The Morgan fingerprint density at radius 3 is 2.52 bits per heavy atom. The van der Waals surface area contributed by atoms with Gasteiger partial charge >= 0.3 is 6.36 Å². The molecule has 5 nitrogen and oxygen atoms in total. The van der Waals surface area contributed by atoms with Gasteiger partial charge in [-0.25, -0.2) is 0 Å². The van der Waals surface area contributed by atoms with Crippen LogP contribution in [0.25, 0.3) is 0 Å². The van der Waals surface area contributed by atoms with Crippen LogP contribution >= 0.6 is 0 Å². The molecule has 0 unspecified atom stereocenters. The maximum absolute atomic E-state index is 12.1. The van der Waals surface area contributed by atoms with Crippen molar-refractivity contribution >= 4 is 5.91 Å². The first-order chi connectivity index (χ1) is 9.85. The Balaban J connectivity index is 2.02. The molecule has 0 radical (unpaired) electrons. The number of aromatic nitrogens is 2. The van der Waals surface area contributed by atoms with Gasteiger partial charge in [0.05, 0.1) is 6.20 Å². The SMILES string of the molecule is CN(Cc1cn[nH]c1)C(=O)c1ccc(OC(F)(F)F)cc1. The van der Waals surface area contributed by atoms with Gasteiger partial charge in [-0.2, -0.15) is 5.10 Å². The molecule has 0 bridgehead atoms. The predicted molar refractivity (Wildman–Crippen MR) is 67.5 cm³/mol. The molecule has 1 aromatic carbocycles. The number of H-pyrrole nitrogens is 1. The van der Waals surface area contributed by atoms with Crippen molar-refractivity contribution in [1.29, 1.82) is 0 Å². The maximum Gasteiger partial charge on any atom is 0.573 e. The summed E-state index contributed by atoms with van der Waals surface area (Å²) in [6, 6.07) is 4.78. The Morgan fingerprint density at radius 1 is 1.33 bits per heavy atom. The first-order valence-corrected chi connectivity index (χ1v) is 5.94. The molecular formula is C13H12F3N3O2. The topological polar surface area (TPSA) is 58.2 Å². The van der Waals surface area contributed by atoms with Crippen LogP contribution in [0.5, 0.6) is 5.75 Å². The van der Waals surface area contributed by atoms with E-state index in [1.807, 2.05) is 0 Å². The Morgan fingerprint density at radius 2 is 2.00 bits per heavy atom. The van der Waals surface area contributed by atoms with Crippen LogP contribution in [0.2, 0.25) is 0 Å². The first-order valence-electron chi connectivity index (χ1n) is 5.94. The Bertz CT molecular complexity index is 594. The summed E-state index contributed by atoms with van der Waals surface area (Å²) in [6.45, 7) is 0.343. The fraction of sp³-hybridized carbons (Fsp3) is 0.231. The van der Waals surface area contributed by atoms with Gasteiger partial charge in [-0.1, -0.05) is 0 Å². The molecule has 0 aliphatic carbocycles. The monoisotopic (exact) mass is 299 g/mol. The summed E-state index contributed by atoms with van der Waals surface area (Å²) in [4.78, 5) is 13.5. The van der Waals surface area contributed by atoms with Crippen molar-refractivity contribution in [2.45, 2.75) is 12.9 Å². The first kappa shape index (κ1) is 14.9. The van der Waals surface area contributed by atoms with Gasteiger partial charge in [-0.15, -0.1) is 13.2 Å². The number of amides is 1. The third kappa shape index (κ3) is 4.23. The van der Waals surface area contributed by atoms with Gasteiger partial charge in [0.2, 0.25) is 0 Å². The van der Waals surface area contributed by atoms with Crippen LogP contribution in [0.4, 0.5) is 13.2 Å². The highest BCUT2D eigenvalue weighted by Crippen LogP contribution is 2.23. The van der Waals surface area contributed by atoms with E-state index < -0.39 is 6.36 Å². The second kappa shape index (κ2) is 5.86. The number of rotatable bonds is 4. The summed E-state index contributed by atoms with van der Waals surface area (Å²) >= 11 is 0. The number of nitrogens with zero attached hydrogens (tertiary/aromatic N) is 2. The molecule has 21 heavy (non-hydrogen) atoms. The zero-order chi connectivity index (χ0) is 15.5. The van der Waals surface area contributed by atoms with E-state index in [4.69, 9.17) is 0 Å². The highest BCUT2D eigenvalue weighted by atomic mass is 19.4. The number of aromatic amines is 1. The Hall–Kier alpha value is -2.51. The van der Waals surface area contributed by atoms with Crippen LogP contribution in [0.15, 0.2) is 36.7 Å². The molecule has 1 amide bonds. The standard InChI is InChI=1S/C13H12F3N3O2/c1-19(8-9-6-17-18-7-9)12(20)10-2-4-11(5-3-10)21-13(14,15)16/h2-7H,8H2,1H3,(H,17,18). The lowest BCUT2D eigenvalue weighted by Crippen LogP contribution is -2.26. The average Bonchev–Trinajstić information content (AvgIpc) is 2.90. The van der Waals surface area contributed by atoms with E-state index in [-0.39, 0.29) is 17.2 Å². The molecule has 2 aromatic rings. The fourth-order valence-electron chi connectivity index (χ4n) is 1.73. The minimum absolute atomic E-state index is 0.274. The lowest BCUT2D eigenvalue weighted by atomic mass is 10.2. The van der Waals surface area contributed by atoms with E-state index in [0.717, 1.165) is 17.7 Å². The zero-order valence-corrected chi connectivity index (χ0v) is 11.0. The second-order valence-corrected chi connectivity index (χ2v) is 4.34. The summed E-state index contributed by atoms with van der Waals surface area (Å²) in [5.74, 6) is -0.675. The molecule has 0 atom stereocenters. The number of nitrogens with one attached hydrogen (secondary N) is 1. The van der Waals surface area contributed by atoms with Crippen molar-refractivity contribution in [3.05, 3.63) is 47.8 Å². The molecule has 0 spiro atoms. The number of alkyl halides is 3.